The van der Waals surface area contributed by atoms with Gasteiger partial charge in [-0.25, -0.2) is 9.13 Å². The lowest BCUT2D eigenvalue weighted by atomic mass is 10.00. The predicted octanol–water partition coefficient (Wildman–Crippen LogP) is 18.8. The van der Waals surface area contributed by atoms with E-state index in [0.717, 1.165) is 108 Å². The van der Waals surface area contributed by atoms with Crippen molar-refractivity contribution in [2.75, 3.05) is 39.6 Å². The molecule has 0 spiro atoms. The molecular weight excluding hydrogens is 1140 g/mol. The molecule has 4 unspecified atom stereocenters. The average molecular weight is 1270 g/mol. The quantitative estimate of drug-likeness (QED) is 0.0222. The molecule has 510 valence electrons. The van der Waals surface area contributed by atoms with Crippen LogP contribution >= 0.6 is 15.6 Å². The van der Waals surface area contributed by atoms with E-state index >= 15 is 0 Å². The third kappa shape index (κ3) is 58.4. The average Bonchev–Trinajstić information content (AvgIpc) is 3.65. The number of aliphatic hydroxyl groups is 1. The van der Waals surface area contributed by atoms with Gasteiger partial charge in [-0.2, -0.15) is 0 Å². The number of carbonyl (C=O) groups excluding carboxylic acids is 4. The van der Waals surface area contributed by atoms with Gasteiger partial charge >= 0.3 is 39.5 Å². The fourth-order valence-corrected chi connectivity index (χ4v) is 11.6. The van der Waals surface area contributed by atoms with Gasteiger partial charge in [-0.15, -0.1) is 0 Å². The molecule has 0 heterocycles. The highest BCUT2D eigenvalue weighted by atomic mass is 31.2. The molecule has 0 rings (SSSR count). The number of phosphoric acid groups is 2. The Kier molecular flexibility index (Phi) is 58.0. The molecule has 0 aliphatic carbocycles. The van der Waals surface area contributed by atoms with Crippen molar-refractivity contribution in [3.63, 3.8) is 0 Å². The summed E-state index contributed by atoms with van der Waals surface area (Å²) in [7, 11) is -9.89. The Bertz CT molecular complexity index is 1690. The van der Waals surface area contributed by atoms with E-state index in [-0.39, 0.29) is 25.7 Å². The molecule has 0 bridgehead atoms. The Morgan fingerprint density at radius 1 is 0.326 bits per heavy atom. The molecule has 0 aliphatic rings. The van der Waals surface area contributed by atoms with Crippen molar-refractivity contribution in [3.8, 4) is 0 Å². The summed E-state index contributed by atoms with van der Waals surface area (Å²) in [5.74, 6) is -0.681. The highest BCUT2D eigenvalue weighted by Gasteiger charge is 2.30. The Labute approximate surface area is 524 Å². The van der Waals surface area contributed by atoms with Crippen LogP contribution in [-0.2, 0) is 65.4 Å². The van der Waals surface area contributed by atoms with Gasteiger partial charge in [0.2, 0.25) is 0 Å². The summed E-state index contributed by atoms with van der Waals surface area (Å²) < 4.78 is 68.1. The molecule has 0 saturated carbocycles. The fourth-order valence-electron chi connectivity index (χ4n) is 10.00. The Hall–Kier alpha value is -1.94. The van der Waals surface area contributed by atoms with Gasteiger partial charge in [0.1, 0.15) is 19.3 Å². The lowest BCUT2D eigenvalue weighted by Crippen LogP contribution is -2.30. The lowest BCUT2D eigenvalue weighted by molar-refractivity contribution is -0.161. The van der Waals surface area contributed by atoms with E-state index in [1.165, 1.54) is 148 Å². The van der Waals surface area contributed by atoms with Gasteiger partial charge in [-0.05, 0) is 37.5 Å². The number of hydrogen-bond donors (Lipinski definition) is 3. The molecule has 0 fully saturated rings. The first kappa shape index (κ1) is 84.1. The number of hydrogen-bond acceptors (Lipinski definition) is 15. The minimum atomic E-state index is -4.95. The van der Waals surface area contributed by atoms with Gasteiger partial charge in [0.05, 0.1) is 26.4 Å². The normalized spacial score (nSPS) is 14.8. The van der Waals surface area contributed by atoms with Crippen LogP contribution in [0.1, 0.15) is 337 Å². The predicted molar refractivity (Wildman–Crippen MR) is 345 cm³/mol. The first-order valence-corrected chi connectivity index (χ1v) is 38.1. The maximum atomic E-state index is 13.0. The van der Waals surface area contributed by atoms with Crippen LogP contribution in [0.15, 0.2) is 0 Å². The fraction of sp³-hybridized carbons (Fsp3) is 0.940. The second kappa shape index (κ2) is 59.4. The number of carbonyl (C=O) groups is 4. The van der Waals surface area contributed by atoms with E-state index in [2.05, 4.69) is 41.5 Å². The number of esters is 4. The largest absolute Gasteiger partial charge is 0.472 e. The van der Waals surface area contributed by atoms with Crippen LogP contribution < -0.4 is 0 Å². The lowest BCUT2D eigenvalue weighted by Gasteiger charge is -2.21. The first-order chi connectivity index (χ1) is 41.4. The van der Waals surface area contributed by atoms with Gasteiger partial charge in [0.15, 0.2) is 12.2 Å². The summed E-state index contributed by atoms with van der Waals surface area (Å²) >= 11 is 0. The zero-order valence-corrected chi connectivity index (χ0v) is 57.4. The molecule has 0 radical (unpaired) electrons. The van der Waals surface area contributed by atoms with E-state index in [0.29, 0.717) is 25.7 Å². The van der Waals surface area contributed by atoms with Crippen LogP contribution in [0, 0.1) is 11.8 Å². The Morgan fingerprint density at radius 3 is 0.826 bits per heavy atom. The highest BCUT2D eigenvalue weighted by molar-refractivity contribution is 7.47. The van der Waals surface area contributed by atoms with E-state index in [1.807, 2.05) is 0 Å². The van der Waals surface area contributed by atoms with Crippen molar-refractivity contribution < 1.29 is 80.2 Å². The summed E-state index contributed by atoms with van der Waals surface area (Å²) in [5, 5.41) is 10.6. The van der Waals surface area contributed by atoms with E-state index in [9.17, 15) is 43.2 Å². The second-order valence-corrected chi connectivity index (χ2v) is 27.6. The molecule has 0 amide bonds. The van der Waals surface area contributed by atoms with Crippen molar-refractivity contribution >= 4 is 39.5 Å². The number of unbranched alkanes of at least 4 members (excludes halogenated alkanes) is 34. The van der Waals surface area contributed by atoms with Crippen molar-refractivity contribution in [2.45, 2.75) is 355 Å². The minimum absolute atomic E-state index is 0.103. The standard InChI is InChI=1S/C67H130O17P2/c1-7-11-13-15-17-19-21-22-23-24-25-26-28-30-39-45-51-66(71)83-62(56-78-65(70)50-44-38-33-31-35-41-47-59(5)9-3)57-81-85(73,74)79-53-61(68)54-80-86(75,76)82-58-63(84-67(72)52-46-40-34-32-36-42-48-60(6)10-4)55-77-64(69)49-43-37-29-27-20-18-16-14-12-8-2/h59-63,68H,7-58H2,1-6H3,(H,73,74)(H,75,76)/t59?,60?,61-,62-,63-/m1/s1. The van der Waals surface area contributed by atoms with Crippen molar-refractivity contribution in [3.05, 3.63) is 0 Å². The molecule has 19 heteroatoms. The molecule has 0 saturated heterocycles. The Balaban J connectivity index is 5.23. The number of aliphatic hydroxyl groups excluding tert-OH is 1. The zero-order valence-electron chi connectivity index (χ0n) is 55.6. The van der Waals surface area contributed by atoms with Gasteiger partial charge < -0.3 is 33.8 Å². The van der Waals surface area contributed by atoms with Crippen LogP contribution in [-0.4, -0.2) is 96.7 Å². The number of phosphoric ester groups is 2. The molecule has 7 atom stereocenters. The van der Waals surface area contributed by atoms with Crippen LogP contribution in [0.2, 0.25) is 0 Å². The van der Waals surface area contributed by atoms with Crippen molar-refractivity contribution in [1.82, 2.24) is 0 Å². The minimum Gasteiger partial charge on any atom is -0.462 e. The number of rotatable bonds is 66. The molecule has 17 nitrogen and oxygen atoms in total. The maximum Gasteiger partial charge on any atom is 0.472 e. The van der Waals surface area contributed by atoms with Crippen LogP contribution in [0.3, 0.4) is 0 Å². The summed E-state index contributed by atoms with van der Waals surface area (Å²) in [5.41, 5.74) is 0. The topological polar surface area (TPSA) is 237 Å². The molecule has 3 N–H and O–H groups in total. The molecule has 0 aromatic carbocycles. The summed E-state index contributed by atoms with van der Waals surface area (Å²) in [6.07, 6.45) is 43.1. The van der Waals surface area contributed by atoms with Crippen LogP contribution in [0.5, 0.6) is 0 Å². The van der Waals surface area contributed by atoms with Crippen molar-refractivity contribution in [1.29, 1.82) is 0 Å². The van der Waals surface area contributed by atoms with Crippen molar-refractivity contribution in [2.24, 2.45) is 11.8 Å². The highest BCUT2D eigenvalue weighted by Crippen LogP contribution is 2.45. The molecule has 0 aromatic heterocycles. The van der Waals surface area contributed by atoms with Gasteiger partial charge in [0.25, 0.3) is 0 Å². The first-order valence-electron chi connectivity index (χ1n) is 35.1. The number of ether oxygens (including phenoxy) is 4. The molecular formula is C67H130O17P2. The van der Waals surface area contributed by atoms with E-state index in [1.54, 1.807) is 0 Å². The van der Waals surface area contributed by atoms with Gasteiger partial charge in [0, 0.05) is 25.7 Å². The summed E-state index contributed by atoms with van der Waals surface area (Å²) in [6.45, 7) is 9.43. The zero-order chi connectivity index (χ0) is 63.6. The monoisotopic (exact) mass is 1270 g/mol. The maximum absolute atomic E-state index is 13.0. The summed E-state index contributed by atoms with van der Waals surface area (Å²) in [4.78, 5) is 72.3. The molecule has 0 aromatic rings. The van der Waals surface area contributed by atoms with E-state index < -0.39 is 97.5 Å². The summed E-state index contributed by atoms with van der Waals surface area (Å²) in [6, 6.07) is 0. The molecule has 0 aliphatic heterocycles. The third-order valence-electron chi connectivity index (χ3n) is 16.2. The van der Waals surface area contributed by atoms with Gasteiger partial charge in [-0.1, -0.05) is 286 Å². The smallest absolute Gasteiger partial charge is 0.462 e. The SMILES string of the molecule is CCCCCCCCCCCCCCCCCCC(=O)O[C@H](COC(=O)CCCCCCCCC(C)CC)COP(=O)(O)OC[C@@H](O)COP(=O)(O)OC[C@@H](COC(=O)CCCCCCCCCCCC)OC(=O)CCCCCCCCC(C)CC. The van der Waals surface area contributed by atoms with Crippen LogP contribution in [0.25, 0.3) is 0 Å². The third-order valence-corrected chi connectivity index (χ3v) is 18.1. The Morgan fingerprint density at radius 2 is 0.558 bits per heavy atom. The van der Waals surface area contributed by atoms with E-state index in [4.69, 9.17) is 37.0 Å². The van der Waals surface area contributed by atoms with Crippen LogP contribution in [0.4, 0.5) is 0 Å². The molecule has 86 heavy (non-hydrogen) atoms. The van der Waals surface area contributed by atoms with Gasteiger partial charge in [-0.3, -0.25) is 37.3 Å². The second-order valence-electron chi connectivity index (χ2n) is 24.7.